The van der Waals surface area contributed by atoms with E-state index >= 15 is 0 Å². The lowest BCUT2D eigenvalue weighted by Crippen LogP contribution is -2.23. The molecule has 18 heavy (non-hydrogen) atoms. The van der Waals surface area contributed by atoms with Crippen LogP contribution in [0.3, 0.4) is 0 Å². The molecule has 4 nitrogen and oxygen atoms in total. The Morgan fingerprint density at radius 3 is 2.83 bits per heavy atom. The number of hydrogen-bond acceptors (Lipinski definition) is 3. The van der Waals surface area contributed by atoms with Gasteiger partial charge in [-0.15, -0.1) is 0 Å². The van der Waals surface area contributed by atoms with Crippen LogP contribution in [-0.4, -0.2) is 22.8 Å². The summed E-state index contributed by atoms with van der Waals surface area (Å²) in [5.41, 5.74) is 1.82. The standard InChI is InChI=1S/C14H23N3O/c1-3-4-12(5-6-18)9-16-10-13-7-14(8-15)17(2)11-13/h7,11-12,16,18H,3-6,9-10H2,1-2H3. The van der Waals surface area contributed by atoms with Crippen LogP contribution in [0.2, 0.25) is 0 Å². The molecule has 1 rings (SSSR count). The maximum absolute atomic E-state index is 8.98. The Kier molecular flexibility index (Phi) is 6.48. The molecule has 100 valence electrons. The van der Waals surface area contributed by atoms with Crippen molar-refractivity contribution in [1.82, 2.24) is 9.88 Å². The molecule has 0 amide bonds. The number of aromatic nitrogens is 1. The molecule has 0 aliphatic heterocycles. The van der Waals surface area contributed by atoms with Gasteiger partial charge in [-0.3, -0.25) is 0 Å². The van der Waals surface area contributed by atoms with E-state index in [4.69, 9.17) is 10.4 Å². The van der Waals surface area contributed by atoms with Gasteiger partial charge in [0.15, 0.2) is 0 Å². The third-order valence-corrected chi connectivity index (χ3v) is 3.17. The number of aliphatic hydroxyl groups excluding tert-OH is 1. The largest absolute Gasteiger partial charge is 0.396 e. The molecule has 0 aliphatic rings. The molecule has 0 spiro atoms. The highest BCUT2D eigenvalue weighted by molar-refractivity contribution is 5.28. The zero-order valence-electron chi connectivity index (χ0n) is 11.3. The first-order chi connectivity index (χ1) is 8.71. The molecule has 0 aliphatic carbocycles. The van der Waals surface area contributed by atoms with E-state index in [1.165, 1.54) is 0 Å². The van der Waals surface area contributed by atoms with Gasteiger partial charge in [-0.25, -0.2) is 0 Å². The van der Waals surface area contributed by atoms with Crippen LogP contribution in [0, 0.1) is 17.2 Å². The van der Waals surface area contributed by atoms with Crippen LogP contribution in [0.5, 0.6) is 0 Å². The highest BCUT2D eigenvalue weighted by atomic mass is 16.3. The minimum absolute atomic E-state index is 0.260. The van der Waals surface area contributed by atoms with Gasteiger partial charge in [0, 0.05) is 26.4 Å². The summed E-state index contributed by atoms with van der Waals surface area (Å²) in [5.74, 6) is 0.541. The summed E-state index contributed by atoms with van der Waals surface area (Å²) in [6, 6.07) is 4.07. The lowest BCUT2D eigenvalue weighted by molar-refractivity contribution is 0.248. The second-order valence-corrected chi connectivity index (χ2v) is 4.75. The summed E-state index contributed by atoms with van der Waals surface area (Å²) in [6.45, 7) is 4.13. The Labute approximate surface area is 109 Å². The minimum Gasteiger partial charge on any atom is -0.396 e. The minimum atomic E-state index is 0.260. The fraction of sp³-hybridized carbons (Fsp3) is 0.643. The van der Waals surface area contributed by atoms with E-state index in [0.29, 0.717) is 11.6 Å². The first kappa shape index (κ1) is 14.7. The number of hydrogen-bond donors (Lipinski definition) is 2. The van der Waals surface area contributed by atoms with Crippen molar-refractivity contribution in [2.45, 2.75) is 32.7 Å². The molecule has 1 heterocycles. The Hall–Kier alpha value is -1.31. The van der Waals surface area contributed by atoms with Crippen LogP contribution in [0.1, 0.15) is 37.4 Å². The average Bonchev–Trinajstić information content (AvgIpc) is 2.70. The average molecular weight is 249 g/mol. The summed E-state index contributed by atoms with van der Waals surface area (Å²) in [7, 11) is 1.88. The number of aryl methyl sites for hydroxylation is 1. The van der Waals surface area contributed by atoms with Gasteiger partial charge in [-0.1, -0.05) is 13.3 Å². The van der Waals surface area contributed by atoms with Gasteiger partial charge < -0.3 is 15.0 Å². The molecule has 1 aromatic rings. The van der Waals surface area contributed by atoms with Crippen molar-refractivity contribution in [1.29, 1.82) is 5.26 Å². The monoisotopic (exact) mass is 249 g/mol. The quantitative estimate of drug-likeness (QED) is 0.738. The summed E-state index contributed by atoms with van der Waals surface area (Å²) < 4.78 is 1.84. The first-order valence-electron chi connectivity index (χ1n) is 6.58. The molecule has 0 saturated heterocycles. The molecule has 0 aromatic carbocycles. The van der Waals surface area contributed by atoms with E-state index in [1.807, 2.05) is 23.9 Å². The van der Waals surface area contributed by atoms with Gasteiger partial charge in [0.1, 0.15) is 11.8 Å². The van der Waals surface area contributed by atoms with Gasteiger partial charge in [0.05, 0.1) is 0 Å². The summed E-state index contributed by atoms with van der Waals surface area (Å²) in [4.78, 5) is 0. The van der Waals surface area contributed by atoms with E-state index in [1.54, 1.807) is 0 Å². The van der Waals surface area contributed by atoms with Gasteiger partial charge in [-0.05, 0) is 36.9 Å². The third kappa shape index (κ3) is 4.52. The molecule has 1 aromatic heterocycles. The van der Waals surface area contributed by atoms with Crippen molar-refractivity contribution in [3.63, 3.8) is 0 Å². The van der Waals surface area contributed by atoms with Crippen molar-refractivity contribution in [2.24, 2.45) is 13.0 Å². The Morgan fingerprint density at radius 2 is 2.28 bits per heavy atom. The second kappa shape index (κ2) is 7.91. The SMILES string of the molecule is CCCC(CCO)CNCc1cc(C#N)n(C)c1. The Bertz CT molecular complexity index is 386. The van der Waals surface area contributed by atoms with Crippen LogP contribution < -0.4 is 5.32 Å². The predicted octanol–water partition coefficient (Wildman–Crippen LogP) is 1.79. The zero-order valence-corrected chi connectivity index (χ0v) is 11.3. The van der Waals surface area contributed by atoms with E-state index < -0.39 is 0 Å². The smallest absolute Gasteiger partial charge is 0.120 e. The van der Waals surface area contributed by atoms with E-state index in [-0.39, 0.29) is 6.61 Å². The third-order valence-electron chi connectivity index (χ3n) is 3.17. The van der Waals surface area contributed by atoms with Crippen LogP contribution in [-0.2, 0) is 13.6 Å². The van der Waals surface area contributed by atoms with Gasteiger partial charge in [0.25, 0.3) is 0 Å². The number of nitrogens with zero attached hydrogens (tertiary/aromatic N) is 2. The van der Waals surface area contributed by atoms with Crippen molar-refractivity contribution >= 4 is 0 Å². The molecule has 0 fully saturated rings. The molecule has 1 unspecified atom stereocenters. The molecule has 0 radical (unpaired) electrons. The lowest BCUT2D eigenvalue weighted by Gasteiger charge is -2.15. The summed E-state index contributed by atoms with van der Waals surface area (Å²) in [5, 5.41) is 21.3. The zero-order chi connectivity index (χ0) is 13.4. The van der Waals surface area contributed by atoms with Gasteiger partial charge >= 0.3 is 0 Å². The van der Waals surface area contributed by atoms with Gasteiger partial charge in [-0.2, -0.15) is 5.26 Å². The Balaban J connectivity index is 2.37. The maximum Gasteiger partial charge on any atom is 0.120 e. The van der Waals surface area contributed by atoms with E-state index in [0.717, 1.165) is 37.9 Å². The van der Waals surface area contributed by atoms with E-state index in [9.17, 15) is 0 Å². The molecule has 1 atom stereocenters. The van der Waals surface area contributed by atoms with Crippen LogP contribution in [0.15, 0.2) is 12.3 Å². The highest BCUT2D eigenvalue weighted by Crippen LogP contribution is 2.10. The fourth-order valence-corrected chi connectivity index (χ4v) is 2.20. The molecule has 2 N–H and O–H groups in total. The first-order valence-corrected chi connectivity index (χ1v) is 6.58. The second-order valence-electron chi connectivity index (χ2n) is 4.75. The molecule has 4 heteroatoms. The van der Waals surface area contributed by atoms with Crippen molar-refractivity contribution in [3.8, 4) is 6.07 Å². The number of nitrogens with one attached hydrogen (secondary N) is 1. The summed E-state index contributed by atoms with van der Waals surface area (Å²) in [6.07, 6.45) is 5.13. The normalized spacial score (nSPS) is 12.3. The van der Waals surface area contributed by atoms with Crippen LogP contribution >= 0.6 is 0 Å². The molecular weight excluding hydrogens is 226 g/mol. The number of rotatable bonds is 8. The maximum atomic E-state index is 8.98. The van der Waals surface area contributed by atoms with Crippen molar-refractivity contribution in [2.75, 3.05) is 13.2 Å². The van der Waals surface area contributed by atoms with Crippen molar-refractivity contribution in [3.05, 3.63) is 23.5 Å². The Morgan fingerprint density at radius 1 is 1.50 bits per heavy atom. The summed E-state index contributed by atoms with van der Waals surface area (Å²) >= 11 is 0. The lowest BCUT2D eigenvalue weighted by atomic mass is 10.0. The van der Waals surface area contributed by atoms with Gasteiger partial charge in [0.2, 0.25) is 0 Å². The highest BCUT2D eigenvalue weighted by Gasteiger charge is 2.07. The molecular formula is C14H23N3O. The number of aliphatic hydroxyl groups is 1. The van der Waals surface area contributed by atoms with E-state index in [2.05, 4.69) is 18.3 Å². The van der Waals surface area contributed by atoms with Crippen molar-refractivity contribution < 1.29 is 5.11 Å². The number of nitriles is 1. The molecule has 0 saturated carbocycles. The molecule has 0 bridgehead atoms. The topological polar surface area (TPSA) is 61.0 Å². The van der Waals surface area contributed by atoms with Crippen LogP contribution in [0.4, 0.5) is 0 Å². The van der Waals surface area contributed by atoms with Crippen LogP contribution in [0.25, 0.3) is 0 Å². The fourth-order valence-electron chi connectivity index (χ4n) is 2.20. The predicted molar refractivity (Wildman–Crippen MR) is 71.9 cm³/mol.